The van der Waals surface area contributed by atoms with Crippen molar-refractivity contribution < 1.29 is 57.1 Å². The largest absolute Gasteiger partial charge is 1.00 e. The normalized spacial score (nSPS) is 10.1. The average Bonchev–Trinajstić information content (AvgIpc) is 2.84. The van der Waals surface area contributed by atoms with E-state index in [0.29, 0.717) is 0 Å². The molecule has 3 aromatic rings. The minimum atomic E-state index is 0. The third kappa shape index (κ3) is 5.63. The number of rotatable bonds is 6. The molecule has 0 aliphatic carbocycles. The minimum Gasteiger partial charge on any atom is -1.00 e. The Balaban J connectivity index is 0.00000132. The Morgan fingerprint density at radius 2 is 1.52 bits per heavy atom. The number of halogens is 2. The molecule has 23 heavy (non-hydrogen) atoms. The molecule has 5 heteroatoms. The van der Waals surface area contributed by atoms with E-state index in [1.165, 1.54) is 34.5 Å². The molecule has 0 fully saturated rings. The highest BCUT2D eigenvalue weighted by Gasteiger charge is 2.15. The Kier molecular flexibility index (Phi) is 9.53. The molecule has 0 unspecified atom stereocenters. The molecular weight excluding hydrogens is 530 g/mol. The Morgan fingerprint density at radius 1 is 0.826 bits per heavy atom. The molecule has 0 radical (unpaired) electrons. The average molecular weight is 552 g/mol. The van der Waals surface area contributed by atoms with Gasteiger partial charge in [0.1, 0.15) is 17.8 Å². The summed E-state index contributed by atoms with van der Waals surface area (Å²) in [6, 6.07) is 15.0. The van der Waals surface area contributed by atoms with E-state index in [-0.39, 0.29) is 48.0 Å². The van der Waals surface area contributed by atoms with Gasteiger partial charge in [-0.05, 0) is 12.5 Å². The zero-order valence-corrected chi connectivity index (χ0v) is 18.4. The number of aromatic nitrogens is 2. The first-order chi connectivity index (χ1) is 10.3. The monoisotopic (exact) mass is 552 g/mol. The SMILES string of the molecule is Cc1sc2ccccc2[n+]1CCCCC[n+]1ccccc1.[I-].[I-]. The number of hydrogen-bond donors (Lipinski definition) is 0. The van der Waals surface area contributed by atoms with Crippen molar-refractivity contribution in [2.45, 2.75) is 39.3 Å². The van der Waals surface area contributed by atoms with Crippen molar-refractivity contribution in [2.24, 2.45) is 0 Å². The summed E-state index contributed by atoms with van der Waals surface area (Å²) in [5.41, 5.74) is 1.39. The van der Waals surface area contributed by atoms with Gasteiger partial charge in [0.25, 0.3) is 0 Å². The predicted octanol–water partition coefficient (Wildman–Crippen LogP) is -2.34. The van der Waals surface area contributed by atoms with Crippen molar-refractivity contribution in [3.05, 3.63) is 59.9 Å². The fourth-order valence-corrected chi connectivity index (χ4v) is 3.80. The van der Waals surface area contributed by atoms with Crippen LogP contribution in [0.4, 0.5) is 0 Å². The quantitative estimate of drug-likeness (QED) is 0.184. The summed E-state index contributed by atoms with van der Waals surface area (Å²) in [4.78, 5) is 0. The fourth-order valence-electron chi connectivity index (χ4n) is 2.75. The second kappa shape index (κ2) is 10.6. The van der Waals surface area contributed by atoms with Crippen LogP contribution in [0.2, 0.25) is 0 Å². The summed E-state index contributed by atoms with van der Waals surface area (Å²) in [7, 11) is 0. The second-order valence-electron chi connectivity index (χ2n) is 5.41. The van der Waals surface area contributed by atoms with E-state index >= 15 is 0 Å². The van der Waals surface area contributed by atoms with Crippen LogP contribution in [0.5, 0.6) is 0 Å². The number of nitrogens with zero attached hydrogens (tertiary/aromatic N) is 2. The van der Waals surface area contributed by atoms with E-state index in [4.69, 9.17) is 0 Å². The topological polar surface area (TPSA) is 7.76 Å². The molecule has 0 spiro atoms. The highest BCUT2D eigenvalue weighted by atomic mass is 127. The molecule has 0 saturated carbocycles. The molecule has 0 amide bonds. The van der Waals surface area contributed by atoms with Gasteiger partial charge in [-0.15, -0.1) is 0 Å². The van der Waals surface area contributed by atoms with E-state index in [2.05, 4.69) is 70.9 Å². The Morgan fingerprint density at radius 3 is 2.30 bits per heavy atom. The van der Waals surface area contributed by atoms with Crippen LogP contribution in [0, 0.1) is 6.92 Å². The van der Waals surface area contributed by atoms with E-state index in [1.54, 1.807) is 0 Å². The van der Waals surface area contributed by atoms with Crippen LogP contribution in [-0.4, -0.2) is 0 Å². The molecule has 0 aliphatic rings. The van der Waals surface area contributed by atoms with E-state index < -0.39 is 0 Å². The Bertz CT molecular complexity index is 713. The summed E-state index contributed by atoms with van der Waals surface area (Å²) in [5.74, 6) is 0. The molecule has 124 valence electrons. The molecule has 2 aromatic heterocycles. The van der Waals surface area contributed by atoms with Crippen LogP contribution < -0.4 is 57.1 Å². The van der Waals surface area contributed by atoms with Crippen LogP contribution in [0.25, 0.3) is 10.2 Å². The number of fused-ring (bicyclic) bond motifs is 1. The minimum absolute atomic E-state index is 0. The Labute approximate surface area is 176 Å². The van der Waals surface area contributed by atoms with Crippen molar-refractivity contribution in [1.29, 1.82) is 0 Å². The van der Waals surface area contributed by atoms with Gasteiger partial charge >= 0.3 is 0 Å². The van der Waals surface area contributed by atoms with Crippen molar-refractivity contribution in [3.63, 3.8) is 0 Å². The second-order valence-corrected chi connectivity index (χ2v) is 6.65. The Hall–Kier alpha value is -0.280. The molecule has 0 bridgehead atoms. The number of unbranched alkanes of at least 4 members (excludes halogenated alkanes) is 2. The molecule has 0 aliphatic heterocycles. The van der Waals surface area contributed by atoms with E-state index in [1.807, 2.05) is 11.3 Å². The zero-order chi connectivity index (χ0) is 14.5. The number of thiazole rings is 1. The van der Waals surface area contributed by atoms with Gasteiger partial charge in [-0.3, -0.25) is 0 Å². The maximum Gasteiger partial charge on any atom is 0.235 e. The van der Waals surface area contributed by atoms with Crippen LogP contribution in [0.1, 0.15) is 24.3 Å². The van der Waals surface area contributed by atoms with Gasteiger partial charge < -0.3 is 48.0 Å². The third-order valence-electron chi connectivity index (χ3n) is 3.87. The number of benzene rings is 1. The van der Waals surface area contributed by atoms with Gasteiger partial charge in [-0.25, -0.2) is 4.57 Å². The van der Waals surface area contributed by atoms with Crippen molar-refractivity contribution in [2.75, 3.05) is 0 Å². The summed E-state index contributed by atoms with van der Waals surface area (Å²) in [6.45, 7) is 4.48. The van der Waals surface area contributed by atoms with Gasteiger partial charge in [-0.1, -0.05) is 29.5 Å². The molecule has 2 nitrogen and oxygen atoms in total. The molecule has 0 atom stereocenters. The number of aryl methyl sites for hydroxylation is 3. The maximum atomic E-state index is 2.47. The summed E-state index contributed by atoms with van der Waals surface area (Å²) >= 11 is 1.90. The highest BCUT2D eigenvalue weighted by molar-refractivity contribution is 7.18. The summed E-state index contributed by atoms with van der Waals surface area (Å²) in [5, 5.41) is 1.41. The molecule has 0 saturated heterocycles. The van der Waals surface area contributed by atoms with Crippen LogP contribution in [-0.2, 0) is 13.1 Å². The fraction of sp³-hybridized carbons (Fsp3) is 0.333. The number of pyridine rings is 1. The standard InChI is InChI=1S/C18H22N2S.2HI/c1-16-20(17-10-4-5-11-18(17)21-16)15-9-3-8-14-19-12-6-2-7-13-19;;/h2,4-7,10-13H,3,8-9,14-15H2,1H3;2*1H/q+2;;/p-2. The molecule has 2 heterocycles. The smallest absolute Gasteiger partial charge is 0.235 e. The van der Waals surface area contributed by atoms with Crippen molar-refractivity contribution in [3.8, 4) is 0 Å². The summed E-state index contributed by atoms with van der Waals surface area (Å²) < 4.78 is 6.13. The summed E-state index contributed by atoms with van der Waals surface area (Å²) in [6.07, 6.45) is 8.06. The molecule has 3 rings (SSSR count). The van der Waals surface area contributed by atoms with Gasteiger partial charge in [-0.2, -0.15) is 4.57 Å². The lowest BCUT2D eigenvalue weighted by Crippen LogP contribution is -3.00. The first kappa shape index (κ1) is 20.8. The van der Waals surface area contributed by atoms with Crippen molar-refractivity contribution >= 4 is 21.6 Å². The van der Waals surface area contributed by atoms with Gasteiger partial charge in [0.15, 0.2) is 12.4 Å². The van der Waals surface area contributed by atoms with Crippen LogP contribution >= 0.6 is 11.3 Å². The lowest BCUT2D eigenvalue weighted by Gasteiger charge is -1.98. The van der Waals surface area contributed by atoms with Crippen molar-refractivity contribution in [1.82, 2.24) is 0 Å². The lowest BCUT2D eigenvalue weighted by atomic mass is 10.2. The van der Waals surface area contributed by atoms with Crippen LogP contribution in [0.15, 0.2) is 54.9 Å². The molecule has 1 aromatic carbocycles. The molecular formula is C18H22I2N2S. The zero-order valence-electron chi connectivity index (χ0n) is 13.3. The predicted molar refractivity (Wildman–Crippen MR) is 87.2 cm³/mol. The third-order valence-corrected chi connectivity index (χ3v) is 4.95. The number of hydrogen-bond acceptors (Lipinski definition) is 1. The van der Waals surface area contributed by atoms with E-state index in [9.17, 15) is 0 Å². The van der Waals surface area contributed by atoms with Gasteiger partial charge in [0, 0.05) is 38.0 Å². The first-order valence-electron chi connectivity index (χ1n) is 7.66. The maximum absolute atomic E-state index is 2.47. The highest BCUT2D eigenvalue weighted by Crippen LogP contribution is 2.19. The van der Waals surface area contributed by atoms with Crippen LogP contribution in [0.3, 0.4) is 0 Å². The number of para-hydroxylation sites is 1. The lowest BCUT2D eigenvalue weighted by molar-refractivity contribution is -0.698. The van der Waals surface area contributed by atoms with Gasteiger partial charge in [0.2, 0.25) is 10.5 Å². The van der Waals surface area contributed by atoms with E-state index in [0.717, 1.165) is 13.1 Å². The molecule has 0 N–H and O–H groups in total. The van der Waals surface area contributed by atoms with Gasteiger partial charge in [0.05, 0.1) is 0 Å². The first-order valence-corrected chi connectivity index (χ1v) is 8.48.